The summed E-state index contributed by atoms with van der Waals surface area (Å²) in [6, 6.07) is -0.481. The number of nitrogens with one attached hydrogen (secondary N) is 1. The largest absolute Gasteiger partial charge is 0.427 e. The number of nitrogens with two attached hydrogens (primary N) is 1. The zero-order valence-corrected chi connectivity index (χ0v) is 42.6. The molecule has 2 aliphatic carbocycles. The van der Waals surface area contributed by atoms with Gasteiger partial charge in [0, 0.05) is 126 Å². The first kappa shape index (κ1) is 54.4. The molecule has 1 saturated carbocycles. The molecule has 0 aromatic carbocycles. The molecule has 6 heterocycles. The quantitative estimate of drug-likeness (QED) is 0.0584. The summed E-state index contributed by atoms with van der Waals surface area (Å²) in [6.45, 7) is 11.1. The van der Waals surface area contributed by atoms with Crippen LogP contribution in [0, 0.1) is 22.2 Å². The van der Waals surface area contributed by atoms with E-state index in [1.807, 2.05) is 20.8 Å². The van der Waals surface area contributed by atoms with E-state index in [0.717, 1.165) is 0 Å². The number of esters is 2. The first-order valence-corrected chi connectivity index (χ1v) is 26.0. The number of epoxide rings is 1. The van der Waals surface area contributed by atoms with Crippen molar-refractivity contribution < 1.29 is 72.6 Å². The molecule has 0 bridgehead atoms. The number of nitrogens with zero attached hydrogens (tertiary/aromatic N) is 5. The third-order valence-corrected chi connectivity index (χ3v) is 17.5. The fraction of sp³-hybridized carbons (Fsp3) is 0.780. The number of carbonyl (C=O) groups is 7. The Balaban J connectivity index is 0.923. The van der Waals surface area contributed by atoms with Gasteiger partial charge in [0.25, 0.3) is 0 Å². The van der Waals surface area contributed by atoms with Gasteiger partial charge in [-0.2, -0.15) is 4.91 Å². The molecule has 23 heteroatoms. The topological polar surface area (TPSA) is 310 Å². The van der Waals surface area contributed by atoms with Crippen LogP contribution in [-0.4, -0.2) is 202 Å². The zero-order valence-electron chi connectivity index (χ0n) is 42.6. The van der Waals surface area contributed by atoms with Crippen molar-refractivity contribution in [1.82, 2.24) is 24.9 Å². The van der Waals surface area contributed by atoms with Crippen molar-refractivity contribution >= 4 is 41.5 Å². The van der Waals surface area contributed by atoms with Crippen LogP contribution in [0.5, 0.6) is 0 Å². The van der Waals surface area contributed by atoms with E-state index < -0.39 is 76.6 Å². The van der Waals surface area contributed by atoms with Gasteiger partial charge in [-0.1, -0.05) is 25.9 Å². The Bertz CT molecular complexity index is 2280. The van der Waals surface area contributed by atoms with Crippen LogP contribution >= 0.6 is 0 Å². The summed E-state index contributed by atoms with van der Waals surface area (Å²) in [4.78, 5) is 112. The third kappa shape index (κ3) is 9.82. The van der Waals surface area contributed by atoms with E-state index in [1.165, 1.54) is 0 Å². The predicted molar refractivity (Wildman–Crippen MR) is 255 cm³/mol. The summed E-state index contributed by atoms with van der Waals surface area (Å²) >= 11 is 0. The smallest absolute Gasteiger partial charge is 0.339 e. The Morgan fingerprint density at radius 3 is 1.96 bits per heavy atom. The van der Waals surface area contributed by atoms with Gasteiger partial charge in [0.05, 0.1) is 44.0 Å². The maximum absolute atomic E-state index is 13.9. The molecule has 73 heavy (non-hydrogen) atoms. The number of ether oxygens (including phenoxy) is 5. The number of fused-ring (bicyclic) bond motifs is 2. The molecule has 1 spiro atoms. The number of hydrogen-bond donors (Lipinski definition) is 5. The second-order valence-corrected chi connectivity index (χ2v) is 21.7. The second-order valence-electron chi connectivity index (χ2n) is 21.7. The number of allylic oxidation sites excluding steroid dienone is 2. The highest BCUT2D eigenvalue weighted by atomic mass is 16.7. The van der Waals surface area contributed by atoms with Crippen molar-refractivity contribution in [2.45, 2.75) is 159 Å². The monoisotopic (exact) mass is 1030 g/mol. The Labute approximate surface area is 424 Å². The first-order valence-electron chi connectivity index (χ1n) is 26.0. The maximum Gasteiger partial charge on any atom is 0.339 e. The lowest BCUT2D eigenvalue weighted by Crippen LogP contribution is -2.75. The van der Waals surface area contributed by atoms with Gasteiger partial charge in [0.2, 0.25) is 29.5 Å². The van der Waals surface area contributed by atoms with E-state index >= 15 is 0 Å². The van der Waals surface area contributed by atoms with Crippen LogP contribution in [0.2, 0.25) is 0 Å². The van der Waals surface area contributed by atoms with Crippen LogP contribution in [0.3, 0.4) is 0 Å². The number of rotatable bonds is 16. The number of amides is 5. The normalized spacial score (nSPS) is 35.5. The van der Waals surface area contributed by atoms with Crippen LogP contribution in [0.4, 0.5) is 0 Å². The van der Waals surface area contributed by atoms with Gasteiger partial charge in [-0.05, 0) is 39.0 Å². The first-order chi connectivity index (χ1) is 34.7. The molecule has 404 valence electrons. The fourth-order valence-corrected chi connectivity index (χ4v) is 12.9. The van der Waals surface area contributed by atoms with Gasteiger partial charge < -0.3 is 69.7 Å². The lowest BCUT2D eigenvalue weighted by atomic mass is 9.48. The Hall–Kier alpha value is -4.91. The number of nitroso groups, excluding NO2 is 1. The molecule has 23 nitrogen and oxygen atoms in total. The number of hydrogen-bond acceptors (Lipinski definition) is 18. The van der Waals surface area contributed by atoms with Crippen molar-refractivity contribution in [3.8, 4) is 0 Å². The van der Waals surface area contributed by atoms with Crippen molar-refractivity contribution in [1.29, 1.82) is 0 Å². The van der Waals surface area contributed by atoms with E-state index in [4.69, 9.17) is 29.4 Å². The minimum atomic E-state index is -1.36. The molecule has 6 aliphatic heterocycles. The predicted octanol–water partition coefficient (Wildman–Crippen LogP) is -0.0904. The molecule has 0 aromatic rings. The van der Waals surface area contributed by atoms with Crippen molar-refractivity contribution in [2.75, 3.05) is 72.1 Å². The average molecular weight is 1030 g/mol. The van der Waals surface area contributed by atoms with E-state index in [-0.39, 0.29) is 170 Å². The molecule has 6 fully saturated rings. The molecule has 6 N–H and O–H groups in total. The summed E-state index contributed by atoms with van der Waals surface area (Å²) in [5.41, 5.74) is 1.86. The molecule has 2 unspecified atom stereocenters. The summed E-state index contributed by atoms with van der Waals surface area (Å²) in [7, 11) is 0. The summed E-state index contributed by atoms with van der Waals surface area (Å²) < 4.78 is 30.9. The van der Waals surface area contributed by atoms with Gasteiger partial charge in [-0.3, -0.25) is 28.8 Å². The minimum absolute atomic E-state index is 0.00494. The Morgan fingerprint density at radius 2 is 1.41 bits per heavy atom. The average Bonchev–Trinajstić information content (AvgIpc) is 4.04. The highest BCUT2D eigenvalue weighted by Crippen LogP contribution is 2.74. The number of carbonyl (C=O) groups excluding carboxylic acids is 7. The van der Waals surface area contributed by atoms with Crippen molar-refractivity contribution in [3.63, 3.8) is 0 Å². The third-order valence-electron chi connectivity index (χ3n) is 17.5. The SMILES string of the molecule is CC1O[C@H](CO)[C@@H](O)C[C@H]1NC(=O)CCC(=O)N1CCN(C(=O)CCC(=O)O/C(CCC(=O)N2CCN(C(=O)CCN)CC2)=C2/OC(=O)C3=C2C2CO[C@]4(C)[C@H](O)[C@](N=O)(C(C)C)C[C@@H]5O[C@@]54[C@@]2(C)CC3)CC1. The van der Waals surface area contributed by atoms with Gasteiger partial charge in [0.1, 0.15) is 28.9 Å². The highest BCUT2D eigenvalue weighted by Gasteiger charge is 2.86. The molecule has 5 saturated heterocycles. The lowest BCUT2D eigenvalue weighted by Gasteiger charge is -2.61. The molecule has 5 amide bonds. The second kappa shape index (κ2) is 21.4. The molecule has 0 radical (unpaired) electrons. The summed E-state index contributed by atoms with van der Waals surface area (Å²) in [5, 5.41) is 37.9. The molecule has 8 aliphatic rings. The number of piperazine rings is 2. The van der Waals surface area contributed by atoms with E-state index in [9.17, 15) is 53.8 Å². The molecule has 0 aromatic heterocycles. The van der Waals surface area contributed by atoms with Crippen LogP contribution in [-0.2, 0) is 57.2 Å². The standard InChI is InChI=1S/C50H73N7O16/c1-28(2)49(53-68)25-36-50(73-36)47(4)14-12-30-43(31(47)27-69-48(50,5)46(49)67)44(72-45(30)66)34(6-8-38(61)54-20-22-57(23-21-54)41(64)13-15-51)71-42(65)11-10-40(63)56-18-16-55(17-19-56)39(62)9-7-37(60)52-32-24-33(59)35(26-58)70-29(32)3/h28-29,31-33,35-36,46,58-59,67H,6-27,51H2,1-5H3,(H,52,60)/b44-34+/t29?,31?,32-,33+,35-,36+,46+,47+,48-,49-,50-/m1/s1. The van der Waals surface area contributed by atoms with Crippen LogP contribution in [0.15, 0.2) is 27.8 Å². The Morgan fingerprint density at radius 1 is 0.849 bits per heavy atom. The lowest BCUT2D eigenvalue weighted by molar-refractivity contribution is -0.258. The van der Waals surface area contributed by atoms with E-state index in [2.05, 4.69) is 10.5 Å². The highest BCUT2D eigenvalue weighted by molar-refractivity contribution is 5.95. The van der Waals surface area contributed by atoms with Crippen molar-refractivity contribution in [3.05, 3.63) is 27.6 Å². The van der Waals surface area contributed by atoms with Crippen LogP contribution in [0.1, 0.15) is 105 Å². The maximum atomic E-state index is 13.9. The number of cyclic esters (lactones) is 1. The fourth-order valence-electron chi connectivity index (χ4n) is 12.9. The van der Waals surface area contributed by atoms with E-state index in [1.54, 1.807) is 33.4 Å². The van der Waals surface area contributed by atoms with Gasteiger partial charge in [-0.25, -0.2) is 4.79 Å². The molecule has 11 atom stereocenters. The van der Waals surface area contributed by atoms with Gasteiger partial charge in [-0.15, -0.1) is 0 Å². The zero-order chi connectivity index (χ0) is 52.8. The van der Waals surface area contributed by atoms with Crippen molar-refractivity contribution in [2.24, 2.45) is 28.2 Å². The number of aliphatic hydroxyl groups excluding tert-OH is 3. The van der Waals surface area contributed by atoms with Gasteiger partial charge in [0.15, 0.2) is 11.5 Å². The molecular weight excluding hydrogens is 955 g/mol. The Kier molecular flexibility index (Phi) is 15.9. The summed E-state index contributed by atoms with van der Waals surface area (Å²) in [6.07, 6.45) is -3.67. The number of aliphatic hydroxyl groups is 3. The molecular formula is C50H73N7O16. The van der Waals surface area contributed by atoms with Crippen LogP contribution < -0.4 is 11.1 Å². The summed E-state index contributed by atoms with van der Waals surface area (Å²) in [5.74, 6) is -3.76. The van der Waals surface area contributed by atoms with Gasteiger partial charge >= 0.3 is 11.9 Å². The van der Waals surface area contributed by atoms with E-state index in [0.29, 0.717) is 30.7 Å². The minimum Gasteiger partial charge on any atom is -0.427 e. The molecule has 8 rings (SSSR count). The van der Waals surface area contributed by atoms with Crippen LogP contribution in [0.25, 0.3) is 0 Å².